The zero-order valence-electron chi connectivity index (χ0n) is 11.2. The highest BCUT2D eigenvalue weighted by atomic mass is 16.5. The maximum absolute atomic E-state index is 11.3. The summed E-state index contributed by atoms with van der Waals surface area (Å²) in [5.41, 5.74) is 0.368. The molecule has 4 heteroatoms. The molecule has 0 aromatic rings. The summed E-state index contributed by atoms with van der Waals surface area (Å²) in [6, 6.07) is 0. The van der Waals surface area contributed by atoms with E-state index in [1.165, 1.54) is 0 Å². The van der Waals surface area contributed by atoms with Crippen LogP contribution in [0.4, 0.5) is 0 Å². The average molecular weight is 254 g/mol. The Balaban J connectivity index is 4.13. The lowest BCUT2D eigenvalue weighted by Gasteiger charge is -2.16. The monoisotopic (exact) mass is 254 g/mol. The molecule has 0 saturated carbocycles. The molecule has 0 heterocycles. The van der Waals surface area contributed by atoms with Gasteiger partial charge in [0, 0.05) is 17.6 Å². The number of esters is 2. The van der Waals surface area contributed by atoms with Gasteiger partial charge in [0.2, 0.25) is 0 Å². The molecule has 0 spiro atoms. The van der Waals surface area contributed by atoms with Crippen molar-refractivity contribution < 1.29 is 19.1 Å². The number of hydrogen-bond acceptors (Lipinski definition) is 4. The van der Waals surface area contributed by atoms with Gasteiger partial charge < -0.3 is 9.47 Å². The zero-order chi connectivity index (χ0) is 14.0. The van der Waals surface area contributed by atoms with E-state index < -0.39 is 11.9 Å². The van der Waals surface area contributed by atoms with E-state index in [9.17, 15) is 9.59 Å². The lowest BCUT2D eigenvalue weighted by Crippen LogP contribution is -2.20. The Morgan fingerprint density at radius 3 is 2.39 bits per heavy atom. The van der Waals surface area contributed by atoms with Crippen LogP contribution in [0.3, 0.4) is 0 Å². The molecule has 0 aromatic heterocycles. The number of hydrogen-bond donors (Lipinski definition) is 0. The molecule has 1 unspecified atom stereocenters. The van der Waals surface area contributed by atoms with E-state index in [1.807, 2.05) is 0 Å². The molecular weight excluding hydrogens is 232 g/mol. The predicted molar refractivity (Wildman–Crippen MR) is 69.9 cm³/mol. The summed E-state index contributed by atoms with van der Waals surface area (Å²) in [6.45, 7) is 11.0. The van der Waals surface area contributed by atoms with Gasteiger partial charge in [0.25, 0.3) is 0 Å². The molecule has 102 valence electrons. The van der Waals surface area contributed by atoms with Crippen molar-refractivity contribution in [2.75, 3.05) is 13.2 Å². The van der Waals surface area contributed by atoms with Gasteiger partial charge in [-0.15, -0.1) is 0 Å². The van der Waals surface area contributed by atoms with Gasteiger partial charge in [-0.1, -0.05) is 32.9 Å². The summed E-state index contributed by atoms with van der Waals surface area (Å²) in [4.78, 5) is 22.2. The van der Waals surface area contributed by atoms with Gasteiger partial charge in [0.05, 0.1) is 13.2 Å². The smallest absolute Gasteiger partial charge is 0.333 e. The summed E-state index contributed by atoms with van der Waals surface area (Å²) < 4.78 is 10.0. The van der Waals surface area contributed by atoms with Gasteiger partial charge in [-0.05, 0) is 13.3 Å². The first-order valence-electron chi connectivity index (χ1n) is 6.13. The third-order valence-corrected chi connectivity index (χ3v) is 2.39. The number of unbranched alkanes of at least 4 members (excludes halogenated alkanes) is 1. The Labute approximate surface area is 109 Å². The molecule has 0 aliphatic heterocycles. The molecule has 18 heavy (non-hydrogen) atoms. The molecule has 1 atom stereocenters. The minimum absolute atomic E-state index is 0.0251. The van der Waals surface area contributed by atoms with Gasteiger partial charge in [-0.25, -0.2) is 9.59 Å². The Morgan fingerprint density at radius 2 is 1.89 bits per heavy atom. The standard InChI is InChI=1S/C14H22O4/c1-5-7-8-12(9-17-13(15)6-2)10-18-14(16)11(3)4/h6,12H,2-3,5,7-10H2,1,4H3. The van der Waals surface area contributed by atoms with Crippen molar-refractivity contribution in [1.29, 1.82) is 0 Å². The van der Waals surface area contributed by atoms with Crippen LogP contribution in [-0.2, 0) is 19.1 Å². The van der Waals surface area contributed by atoms with E-state index >= 15 is 0 Å². The van der Waals surface area contributed by atoms with Crippen molar-refractivity contribution in [1.82, 2.24) is 0 Å². The first-order chi connectivity index (χ1) is 8.51. The summed E-state index contributed by atoms with van der Waals surface area (Å²) in [5.74, 6) is -0.841. The molecule has 0 rings (SSSR count). The zero-order valence-corrected chi connectivity index (χ0v) is 11.2. The van der Waals surface area contributed by atoms with Crippen molar-refractivity contribution in [3.8, 4) is 0 Å². The first-order valence-corrected chi connectivity index (χ1v) is 6.13. The minimum atomic E-state index is -0.456. The Kier molecular flexibility index (Phi) is 8.62. The van der Waals surface area contributed by atoms with Crippen molar-refractivity contribution in [3.63, 3.8) is 0 Å². The van der Waals surface area contributed by atoms with Crippen molar-refractivity contribution in [3.05, 3.63) is 24.8 Å². The molecule has 0 aliphatic rings. The van der Waals surface area contributed by atoms with Gasteiger partial charge in [-0.2, -0.15) is 0 Å². The molecule has 0 bridgehead atoms. The van der Waals surface area contributed by atoms with Crippen LogP contribution in [0.2, 0.25) is 0 Å². The number of carbonyl (C=O) groups is 2. The van der Waals surface area contributed by atoms with E-state index in [4.69, 9.17) is 9.47 Å². The highest BCUT2D eigenvalue weighted by Gasteiger charge is 2.14. The van der Waals surface area contributed by atoms with E-state index in [0.717, 1.165) is 25.3 Å². The second-order valence-electron chi connectivity index (χ2n) is 4.22. The lowest BCUT2D eigenvalue weighted by molar-refractivity contribution is -0.143. The molecule has 4 nitrogen and oxygen atoms in total. The van der Waals surface area contributed by atoms with Crippen LogP contribution in [0.25, 0.3) is 0 Å². The average Bonchev–Trinajstić information content (AvgIpc) is 2.36. The van der Waals surface area contributed by atoms with Crippen LogP contribution in [0, 0.1) is 5.92 Å². The van der Waals surface area contributed by atoms with Crippen LogP contribution in [-0.4, -0.2) is 25.2 Å². The number of carbonyl (C=O) groups excluding carboxylic acids is 2. The molecule has 0 N–H and O–H groups in total. The maximum atomic E-state index is 11.3. The minimum Gasteiger partial charge on any atom is -0.462 e. The van der Waals surface area contributed by atoms with Crippen LogP contribution in [0.15, 0.2) is 24.8 Å². The highest BCUT2D eigenvalue weighted by molar-refractivity contribution is 5.86. The molecular formula is C14H22O4. The van der Waals surface area contributed by atoms with Crippen molar-refractivity contribution >= 4 is 11.9 Å². The summed E-state index contributed by atoms with van der Waals surface area (Å²) >= 11 is 0. The highest BCUT2D eigenvalue weighted by Crippen LogP contribution is 2.11. The largest absolute Gasteiger partial charge is 0.462 e. The van der Waals surface area contributed by atoms with Crippen molar-refractivity contribution in [2.24, 2.45) is 5.92 Å². The van der Waals surface area contributed by atoms with Crippen molar-refractivity contribution in [2.45, 2.75) is 33.1 Å². The van der Waals surface area contributed by atoms with Gasteiger partial charge in [0.1, 0.15) is 0 Å². The summed E-state index contributed by atoms with van der Waals surface area (Å²) in [7, 11) is 0. The van der Waals surface area contributed by atoms with Crippen LogP contribution in [0.1, 0.15) is 33.1 Å². The molecule has 0 fully saturated rings. The van der Waals surface area contributed by atoms with E-state index in [0.29, 0.717) is 5.57 Å². The van der Waals surface area contributed by atoms with Gasteiger partial charge >= 0.3 is 11.9 Å². The van der Waals surface area contributed by atoms with Crippen LogP contribution < -0.4 is 0 Å². The van der Waals surface area contributed by atoms with Gasteiger partial charge in [-0.3, -0.25) is 0 Å². The Morgan fingerprint density at radius 1 is 1.28 bits per heavy atom. The number of rotatable bonds is 9. The van der Waals surface area contributed by atoms with E-state index in [-0.39, 0.29) is 19.1 Å². The molecule has 0 aliphatic carbocycles. The first kappa shape index (κ1) is 16.4. The Hall–Kier alpha value is -1.58. The quantitative estimate of drug-likeness (QED) is 0.469. The normalized spacial score (nSPS) is 11.4. The SMILES string of the molecule is C=CC(=O)OCC(CCCC)COC(=O)C(=C)C. The fourth-order valence-electron chi connectivity index (χ4n) is 1.28. The Bertz CT molecular complexity index is 307. The summed E-state index contributed by atoms with van der Waals surface area (Å²) in [6.07, 6.45) is 4.02. The molecule has 0 aromatic carbocycles. The van der Waals surface area contributed by atoms with E-state index in [2.05, 4.69) is 20.1 Å². The topological polar surface area (TPSA) is 52.6 Å². The second-order valence-corrected chi connectivity index (χ2v) is 4.22. The number of ether oxygens (including phenoxy) is 2. The van der Waals surface area contributed by atoms with Crippen LogP contribution in [0.5, 0.6) is 0 Å². The molecule has 0 amide bonds. The fraction of sp³-hybridized carbons (Fsp3) is 0.571. The molecule has 0 radical (unpaired) electrons. The molecule has 0 saturated heterocycles. The maximum Gasteiger partial charge on any atom is 0.333 e. The van der Waals surface area contributed by atoms with Crippen LogP contribution >= 0.6 is 0 Å². The van der Waals surface area contributed by atoms with Gasteiger partial charge in [0.15, 0.2) is 0 Å². The summed E-state index contributed by atoms with van der Waals surface area (Å²) in [5, 5.41) is 0. The second kappa shape index (κ2) is 9.45. The van der Waals surface area contributed by atoms with E-state index in [1.54, 1.807) is 6.92 Å². The third-order valence-electron chi connectivity index (χ3n) is 2.39. The fourth-order valence-corrected chi connectivity index (χ4v) is 1.28. The predicted octanol–water partition coefficient (Wildman–Crippen LogP) is 2.64. The lowest BCUT2D eigenvalue weighted by atomic mass is 10.0. The third kappa shape index (κ3) is 7.65.